The molecule has 1 aliphatic heterocycles. The van der Waals surface area contributed by atoms with E-state index in [1.54, 1.807) is 12.1 Å². The Balaban J connectivity index is 2.10. The summed E-state index contributed by atoms with van der Waals surface area (Å²) in [6.07, 6.45) is 2.40. The van der Waals surface area contributed by atoms with Crippen LogP contribution in [0.2, 0.25) is 0 Å². The lowest BCUT2D eigenvalue weighted by Crippen LogP contribution is -2.44. The number of hydrogen-bond donors (Lipinski definition) is 3. The van der Waals surface area contributed by atoms with Crippen LogP contribution < -0.4 is 10.5 Å². The summed E-state index contributed by atoms with van der Waals surface area (Å²) in [4.78, 5) is 2.40. The van der Waals surface area contributed by atoms with E-state index in [9.17, 15) is 10.2 Å². The standard InChI is InChI=1S/C16H26N2O3/c1-3-5-18-6-4-14(19)12(10-18)7-11-8-13(17)16(20)15(9-11)21-2/h8-9,12,14,19-20H,3-7,10,17H2,1-2H3. The average Bonchev–Trinajstić information content (AvgIpc) is 2.46. The second-order valence-electron chi connectivity index (χ2n) is 5.86. The van der Waals surface area contributed by atoms with Crippen molar-refractivity contribution >= 4 is 5.69 Å². The summed E-state index contributed by atoms with van der Waals surface area (Å²) >= 11 is 0. The molecular weight excluding hydrogens is 268 g/mol. The molecule has 0 aromatic heterocycles. The summed E-state index contributed by atoms with van der Waals surface area (Å²) in [6, 6.07) is 3.57. The molecule has 5 nitrogen and oxygen atoms in total. The van der Waals surface area contributed by atoms with Crippen LogP contribution in [0.5, 0.6) is 11.5 Å². The van der Waals surface area contributed by atoms with Gasteiger partial charge in [-0.3, -0.25) is 0 Å². The van der Waals surface area contributed by atoms with Gasteiger partial charge in [-0.1, -0.05) is 6.92 Å². The van der Waals surface area contributed by atoms with Gasteiger partial charge in [-0.05, 0) is 43.5 Å². The van der Waals surface area contributed by atoms with E-state index in [0.717, 1.165) is 44.5 Å². The topological polar surface area (TPSA) is 79.0 Å². The Hall–Kier alpha value is -1.46. The fourth-order valence-electron chi connectivity index (χ4n) is 3.08. The number of anilines is 1. The van der Waals surface area contributed by atoms with Crippen molar-refractivity contribution in [2.24, 2.45) is 5.92 Å². The predicted octanol–water partition coefficient (Wildman–Crippen LogP) is 1.62. The van der Waals surface area contributed by atoms with Crippen LogP contribution in [0.3, 0.4) is 0 Å². The number of nitrogen functional groups attached to an aromatic ring is 1. The summed E-state index contributed by atoms with van der Waals surface area (Å²) in [5.41, 5.74) is 7.12. The van der Waals surface area contributed by atoms with Gasteiger partial charge in [0.25, 0.3) is 0 Å². The minimum Gasteiger partial charge on any atom is -0.503 e. The van der Waals surface area contributed by atoms with Gasteiger partial charge in [0.1, 0.15) is 0 Å². The number of nitrogens with two attached hydrogens (primary N) is 1. The molecule has 0 aliphatic carbocycles. The molecule has 0 spiro atoms. The SMILES string of the molecule is CCCN1CCC(O)C(Cc2cc(N)c(O)c(OC)c2)C1. The van der Waals surface area contributed by atoms with E-state index in [1.807, 2.05) is 0 Å². The molecule has 5 heteroatoms. The van der Waals surface area contributed by atoms with Crippen LogP contribution in [0.4, 0.5) is 5.69 Å². The van der Waals surface area contributed by atoms with Crippen LogP contribution >= 0.6 is 0 Å². The second-order valence-corrected chi connectivity index (χ2v) is 5.86. The maximum Gasteiger partial charge on any atom is 0.181 e. The number of methoxy groups -OCH3 is 1. The molecule has 0 radical (unpaired) electrons. The van der Waals surface area contributed by atoms with E-state index in [2.05, 4.69) is 11.8 Å². The van der Waals surface area contributed by atoms with Gasteiger partial charge in [0, 0.05) is 19.0 Å². The summed E-state index contributed by atoms with van der Waals surface area (Å²) in [7, 11) is 1.51. The monoisotopic (exact) mass is 294 g/mol. The van der Waals surface area contributed by atoms with Crippen LogP contribution in [-0.4, -0.2) is 48.0 Å². The van der Waals surface area contributed by atoms with E-state index in [0.29, 0.717) is 11.4 Å². The number of phenolic OH excluding ortho intramolecular Hbond substituents is 1. The Labute approximate surface area is 126 Å². The lowest BCUT2D eigenvalue weighted by atomic mass is 9.88. The van der Waals surface area contributed by atoms with Crippen molar-refractivity contribution in [1.29, 1.82) is 0 Å². The number of benzene rings is 1. The summed E-state index contributed by atoms with van der Waals surface area (Å²) < 4.78 is 5.14. The first-order chi connectivity index (χ1) is 10.0. The van der Waals surface area contributed by atoms with Crippen LogP contribution in [0.25, 0.3) is 0 Å². The maximum atomic E-state index is 10.2. The fourth-order valence-corrected chi connectivity index (χ4v) is 3.08. The number of piperidine rings is 1. The number of rotatable bonds is 5. The highest BCUT2D eigenvalue weighted by atomic mass is 16.5. The predicted molar refractivity (Wildman–Crippen MR) is 83.6 cm³/mol. The first kappa shape index (κ1) is 15.9. The number of likely N-dealkylation sites (tertiary alicyclic amines) is 1. The molecule has 2 unspecified atom stereocenters. The summed E-state index contributed by atoms with van der Waals surface area (Å²) in [5.74, 6) is 0.567. The molecule has 1 heterocycles. The third kappa shape index (κ3) is 3.80. The van der Waals surface area contributed by atoms with Crippen molar-refractivity contribution in [1.82, 2.24) is 4.90 Å². The van der Waals surface area contributed by atoms with E-state index in [4.69, 9.17) is 10.5 Å². The lowest BCUT2D eigenvalue weighted by molar-refractivity contribution is 0.0270. The molecule has 1 aromatic rings. The highest BCUT2D eigenvalue weighted by molar-refractivity contribution is 5.61. The van der Waals surface area contributed by atoms with Gasteiger partial charge < -0.3 is 25.6 Å². The lowest BCUT2D eigenvalue weighted by Gasteiger charge is -2.36. The highest BCUT2D eigenvalue weighted by Crippen LogP contribution is 2.34. The zero-order valence-corrected chi connectivity index (χ0v) is 12.9. The molecule has 1 aliphatic rings. The largest absolute Gasteiger partial charge is 0.503 e. The molecule has 2 atom stereocenters. The van der Waals surface area contributed by atoms with Crippen molar-refractivity contribution in [3.63, 3.8) is 0 Å². The van der Waals surface area contributed by atoms with Crippen LogP contribution in [0.1, 0.15) is 25.3 Å². The number of aliphatic hydroxyl groups excluding tert-OH is 1. The minimum atomic E-state index is -0.279. The van der Waals surface area contributed by atoms with E-state index in [-0.39, 0.29) is 17.8 Å². The number of aliphatic hydroxyl groups is 1. The number of phenols is 1. The van der Waals surface area contributed by atoms with Crippen LogP contribution in [0.15, 0.2) is 12.1 Å². The number of hydrogen-bond acceptors (Lipinski definition) is 5. The van der Waals surface area contributed by atoms with E-state index >= 15 is 0 Å². The molecule has 1 fully saturated rings. The van der Waals surface area contributed by atoms with Gasteiger partial charge in [-0.25, -0.2) is 0 Å². The quantitative estimate of drug-likeness (QED) is 0.568. The van der Waals surface area contributed by atoms with Gasteiger partial charge in [0.2, 0.25) is 0 Å². The van der Waals surface area contributed by atoms with Crippen molar-refractivity contribution in [2.45, 2.75) is 32.3 Å². The smallest absolute Gasteiger partial charge is 0.181 e. The molecule has 1 saturated heterocycles. The Morgan fingerprint density at radius 2 is 2.19 bits per heavy atom. The molecular formula is C16H26N2O3. The zero-order valence-electron chi connectivity index (χ0n) is 12.9. The Morgan fingerprint density at radius 1 is 1.43 bits per heavy atom. The van der Waals surface area contributed by atoms with Crippen molar-refractivity contribution in [3.05, 3.63) is 17.7 Å². The molecule has 0 bridgehead atoms. The molecule has 2 rings (SSSR count). The maximum absolute atomic E-state index is 10.2. The van der Waals surface area contributed by atoms with E-state index < -0.39 is 0 Å². The second kappa shape index (κ2) is 7.00. The van der Waals surface area contributed by atoms with Crippen molar-refractivity contribution in [2.75, 3.05) is 32.5 Å². The molecule has 1 aromatic carbocycles. The van der Waals surface area contributed by atoms with Gasteiger partial charge in [0.05, 0.1) is 18.9 Å². The van der Waals surface area contributed by atoms with Crippen LogP contribution in [-0.2, 0) is 6.42 Å². The Kier molecular flexibility index (Phi) is 5.31. The molecule has 4 N–H and O–H groups in total. The average molecular weight is 294 g/mol. The first-order valence-corrected chi connectivity index (χ1v) is 7.60. The molecule has 21 heavy (non-hydrogen) atoms. The fraction of sp³-hybridized carbons (Fsp3) is 0.625. The third-order valence-corrected chi connectivity index (χ3v) is 4.20. The van der Waals surface area contributed by atoms with Gasteiger partial charge in [-0.15, -0.1) is 0 Å². The Bertz CT molecular complexity index is 479. The van der Waals surface area contributed by atoms with E-state index in [1.165, 1.54) is 7.11 Å². The Morgan fingerprint density at radius 3 is 2.86 bits per heavy atom. The van der Waals surface area contributed by atoms with Crippen molar-refractivity contribution in [3.8, 4) is 11.5 Å². The van der Waals surface area contributed by atoms with Gasteiger partial charge in [0.15, 0.2) is 11.5 Å². The summed E-state index contributed by atoms with van der Waals surface area (Å²) in [5, 5.41) is 20.0. The molecule has 0 saturated carbocycles. The van der Waals surface area contributed by atoms with Gasteiger partial charge in [-0.2, -0.15) is 0 Å². The first-order valence-electron chi connectivity index (χ1n) is 7.60. The van der Waals surface area contributed by atoms with Gasteiger partial charge >= 0.3 is 0 Å². The van der Waals surface area contributed by atoms with Crippen molar-refractivity contribution < 1.29 is 14.9 Å². The molecule has 118 valence electrons. The minimum absolute atomic E-state index is 0.0157. The molecule has 0 amide bonds. The number of aromatic hydroxyl groups is 1. The highest BCUT2D eigenvalue weighted by Gasteiger charge is 2.27. The summed E-state index contributed by atoms with van der Waals surface area (Å²) in [6.45, 7) is 5.11. The normalized spacial score (nSPS) is 23.2. The number of nitrogens with zero attached hydrogens (tertiary/aromatic N) is 1. The number of ether oxygens (including phenoxy) is 1. The third-order valence-electron chi connectivity index (χ3n) is 4.20. The van der Waals surface area contributed by atoms with Crippen LogP contribution in [0, 0.1) is 5.92 Å². The zero-order chi connectivity index (χ0) is 15.4.